The lowest BCUT2D eigenvalue weighted by atomic mass is 10.1. The minimum atomic E-state index is -0.479. The van der Waals surface area contributed by atoms with E-state index in [9.17, 15) is 4.79 Å². The van der Waals surface area contributed by atoms with Crippen molar-refractivity contribution < 1.29 is 9.53 Å². The summed E-state index contributed by atoms with van der Waals surface area (Å²) in [4.78, 5) is 14.1. The van der Waals surface area contributed by atoms with Gasteiger partial charge in [0, 0.05) is 50.5 Å². The first-order valence-electron chi connectivity index (χ1n) is 8.19. The van der Waals surface area contributed by atoms with Crippen molar-refractivity contribution >= 4 is 6.09 Å². The smallest absolute Gasteiger partial charge is 0.410 e. The molecule has 0 aliphatic carbocycles. The predicted molar refractivity (Wildman–Crippen MR) is 92.5 cm³/mol. The normalized spacial score (nSPS) is 12.3. The van der Waals surface area contributed by atoms with Crippen LogP contribution < -0.4 is 5.32 Å². The van der Waals surface area contributed by atoms with Crippen LogP contribution in [0.4, 0.5) is 4.79 Å². The minimum Gasteiger partial charge on any atom is -0.444 e. The second-order valence-corrected chi connectivity index (χ2v) is 7.75. The molecule has 1 heterocycles. The van der Waals surface area contributed by atoms with E-state index in [1.807, 2.05) is 59.3 Å². The first-order valence-corrected chi connectivity index (χ1v) is 8.19. The standard InChI is InChI=1S/C17H32N4O2/c1-16(2,3)21(15(22)23-17(4,5)6)13-12-18-10-8-14-9-11-19-20(14)7/h9,11,18H,8,10,12-13H2,1-7H3. The Morgan fingerprint density at radius 3 is 2.39 bits per heavy atom. The molecule has 0 saturated heterocycles. The molecule has 6 nitrogen and oxygen atoms in total. The van der Waals surface area contributed by atoms with Gasteiger partial charge in [-0.1, -0.05) is 0 Å². The molecule has 0 aliphatic rings. The molecule has 0 aromatic carbocycles. The van der Waals surface area contributed by atoms with Gasteiger partial charge in [-0.3, -0.25) is 4.68 Å². The van der Waals surface area contributed by atoms with Gasteiger partial charge < -0.3 is 15.0 Å². The summed E-state index contributed by atoms with van der Waals surface area (Å²) in [7, 11) is 1.94. The Labute approximate surface area is 140 Å². The molecule has 0 spiro atoms. The first kappa shape index (κ1) is 19.5. The number of carbonyl (C=O) groups excluding carboxylic acids is 1. The summed E-state index contributed by atoms with van der Waals surface area (Å²) in [6, 6.07) is 2.02. The highest BCUT2D eigenvalue weighted by Gasteiger charge is 2.30. The molecule has 132 valence electrons. The number of hydrogen-bond acceptors (Lipinski definition) is 4. The zero-order chi connectivity index (χ0) is 17.7. The Morgan fingerprint density at radius 1 is 1.26 bits per heavy atom. The average molecular weight is 324 g/mol. The number of carbonyl (C=O) groups is 1. The number of hydrogen-bond donors (Lipinski definition) is 1. The topological polar surface area (TPSA) is 59.4 Å². The zero-order valence-electron chi connectivity index (χ0n) is 15.6. The number of nitrogens with one attached hydrogen (secondary N) is 1. The van der Waals surface area contributed by atoms with Gasteiger partial charge in [-0.05, 0) is 47.6 Å². The second kappa shape index (κ2) is 7.81. The molecule has 1 aromatic rings. The fourth-order valence-corrected chi connectivity index (χ4v) is 2.20. The number of aryl methyl sites for hydroxylation is 1. The summed E-state index contributed by atoms with van der Waals surface area (Å²) in [5.74, 6) is 0. The quantitative estimate of drug-likeness (QED) is 0.817. The molecule has 0 aliphatic heterocycles. The van der Waals surface area contributed by atoms with E-state index in [-0.39, 0.29) is 11.6 Å². The largest absolute Gasteiger partial charge is 0.444 e. The Balaban J connectivity index is 2.43. The highest BCUT2D eigenvalue weighted by Crippen LogP contribution is 2.17. The van der Waals surface area contributed by atoms with Gasteiger partial charge in [0.2, 0.25) is 0 Å². The van der Waals surface area contributed by atoms with E-state index >= 15 is 0 Å². The van der Waals surface area contributed by atoms with Crippen LogP contribution in [0.25, 0.3) is 0 Å². The number of amides is 1. The summed E-state index contributed by atoms with van der Waals surface area (Å²) < 4.78 is 7.38. The summed E-state index contributed by atoms with van der Waals surface area (Å²) in [5, 5.41) is 7.53. The molecule has 0 unspecified atom stereocenters. The Morgan fingerprint density at radius 2 is 1.91 bits per heavy atom. The third kappa shape index (κ3) is 7.03. The van der Waals surface area contributed by atoms with E-state index < -0.39 is 5.60 Å². The van der Waals surface area contributed by atoms with Crippen molar-refractivity contribution in [2.45, 2.75) is 59.1 Å². The third-order valence-corrected chi connectivity index (χ3v) is 3.42. The molecule has 0 fully saturated rings. The van der Waals surface area contributed by atoms with Gasteiger partial charge in [-0.15, -0.1) is 0 Å². The number of aromatic nitrogens is 2. The van der Waals surface area contributed by atoms with Crippen molar-refractivity contribution in [2.75, 3.05) is 19.6 Å². The van der Waals surface area contributed by atoms with E-state index in [4.69, 9.17) is 4.74 Å². The maximum atomic E-state index is 12.4. The van der Waals surface area contributed by atoms with Crippen LogP contribution in [-0.4, -0.2) is 51.5 Å². The van der Waals surface area contributed by atoms with Gasteiger partial charge in [-0.25, -0.2) is 4.79 Å². The van der Waals surface area contributed by atoms with E-state index in [0.717, 1.165) is 19.5 Å². The summed E-state index contributed by atoms with van der Waals surface area (Å²) in [6.07, 6.45) is 2.45. The monoisotopic (exact) mass is 324 g/mol. The van der Waals surface area contributed by atoms with Crippen molar-refractivity contribution in [1.82, 2.24) is 20.0 Å². The Hall–Kier alpha value is -1.56. The van der Waals surface area contributed by atoms with E-state index in [1.54, 1.807) is 11.1 Å². The van der Waals surface area contributed by atoms with Crippen molar-refractivity contribution in [3.8, 4) is 0 Å². The molecule has 1 amide bonds. The lowest BCUT2D eigenvalue weighted by Crippen LogP contribution is -2.50. The molecule has 23 heavy (non-hydrogen) atoms. The summed E-state index contributed by atoms with van der Waals surface area (Å²) in [5.41, 5.74) is 0.442. The van der Waals surface area contributed by atoms with Crippen LogP contribution in [0.2, 0.25) is 0 Å². The molecule has 0 saturated carbocycles. The Bertz CT molecular complexity index is 497. The van der Waals surface area contributed by atoms with Gasteiger partial charge in [0.1, 0.15) is 5.60 Å². The van der Waals surface area contributed by atoms with Crippen LogP contribution in [0.15, 0.2) is 12.3 Å². The lowest BCUT2D eigenvalue weighted by molar-refractivity contribution is 0.00666. The molecule has 1 rings (SSSR count). The van der Waals surface area contributed by atoms with Gasteiger partial charge in [0.25, 0.3) is 0 Å². The van der Waals surface area contributed by atoms with Gasteiger partial charge in [-0.2, -0.15) is 5.10 Å². The van der Waals surface area contributed by atoms with Crippen LogP contribution in [0.3, 0.4) is 0 Å². The second-order valence-electron chi connectivity index (χ2n) is 7.75. The zero-order valence-corrected chi connectivity index (χ0v) is 15.6. The SMILES string of the molecule is Cn1nccc1CCNCCN(C(=O)OC(C)(C)C)C(C)(C)C. The van der Waals surface area contributed by atoms with Crippen molar-refractivity contribution in [2.24, 2.45) is 7.05 Å². The van der Waals surface area contributed by atoms with Crippen LogP contribution >= 0.6 is 0 Å². The third-order valence-electron chi connectivity index (χ3n) is 3.42. The molecule has 0 radical (unpaired) electrons. The van der Waals surface area contributed by atoms with Crippen molar-refractivity contribution in [3.05, 3.63) is 18.0 Å². The molecule has 1 aromatic heterocycles. The van der Waals surface area contributed by atoms with Gasteiger partial charge >= 0.3 is 6.09 Å². The maximum Gasteiger partial charge on any atom is 0.410 e. The van der Waals surface area contributed by atoms with Crippen molar-refractivity contribution in [1.29, 1.82) is 0 Å². The first-order chi connectivity index (χ1) is 10.5. The predicted octanol–water partition coefficient (Wildman–Crippen LogP) is 2.59. The maximum absolute atomic E-state index is 12.4. The number of nitrogens with zero attached hydrogens (tertiary/aromatic N) is 3. The molecule has 0 atom stereocenters. The molecule has 0 bridgehead atoms. The fourth-order valence-electron chi connectivity index (χ4n) is 2.20. The fraction of sp³-hybridized carbons (Fsp3) is 0.765. The van der Waals surface area contributed by atoms with E-state index in [1.165, 1.54) is 5.69 Å². The van der Waals surface area contributed by atoms with Gasteiger partial charge in [0.15, 0.2) is 0 Å². The van der Waals surface area contributed by atoms with Crippen LogP contribution in [-0.2, 0) is 18.2 Å². The highest BCUT2D eigenvalue weighted by atomic mass is 16.6. The molecular weight excluding hydrogens is 292 g/mol. The highest BCUT2D eigenvalue weighted by molar-refractivity contribution is 5.69. The van der Waals surface area contributed by atoms with Crippen LogP contribution in [0.1, 0.15) is 47.2 Å². The Kier molecular flexibility index (Phi) is 6.62. The van der Waals surface area contributed by atoms with E-state index in [2.05, 4.69) is 10.4 Å². The van der Waals surface area contributed by atoms with E-state index in [0.29, 0.717) is 6.54 Å². The summed E-state index contributed by atoms with van der Waals surface area (Å²) >= 11 is 0. The van der Waals surface area contributed by atoms with Gasteiger partial charge in [0.05, 0.1) is 0 Å². The average Bonchev–Trinajstić information content (AvgIpc) is 2.75. The van der Waals surface area contributed by atoms with Crippen LogP contribution in [0, 0.1) is 0 Å². The molecular formula is C17H32N4O2. The molecule has 1 N–H and O–H groups in total. The number of rotatable bonds is 6. The van der Waals surface area contributed by atoms with Crippen molar-refractivity contribution in [3.63, 3.8) is 0 Å². The number of ether oxygens (including phenoxy) is 1. The van der Waals surface area contributed by atoms with Crippen LogP contribution in [0.5, 0.6) is 0 Å². The minimum absolute atomic E-state index is 0.265. The molecule has 6 heteroatoms. The lowest BCUT2D eigenvalue weighted by Gasteiger charge is -2.36. The summed E-state index contributed by atoms with van der Waals surface area (Å²) in [6.45, 7) is 13.9.